The lowest BCUT2D eigenvalue weighted by Gasteiger charge is -2.51. The van der Waals surface area contributed by atoms with Crippen molar-refractivity contribution in [1.82, 2.24) is 0 Å². The number of carboxylic acid groups (broad SMARTS) is 4. The van der Waals surface area contributed by atoms with Crippen LogP contribution in [0.3, 0.4) is 0 Å². The molecule has 0 fully saturated rings. The average Bonchev–Trinajstić information content (AvgIpc) is 3.04. The van der Waals surface area contributed by atoms with Gasteiger partial charge in [-0.15, -0.1) is 0 Å². The van der Waals surface area contributed by atoms with Crippen molar-refractivity contribution in [2.24, 2.45) is 10.8 Å². The zero-order valence-corrected chi connectivity index (χ0v) is 33.7. The van der Waals surface area contributed by atoms with Crippen molar-refractivity contribution in [2.45, 2.75) is 106 Å². The van der Waals surface area contributed by atoms with Crippen molar-refractivity contribution < 1.29 is 44.3 Å². The Kier molecular flexibility index (Phi) is 8.77. The van der Waals surface area contributed by atoms with E-state index >= 15 is 0 Å². The maximum Gasteiger partial charge on any atom is 0.336 e. The fraction of sp³-hybridized carbons (Fsp3) is 0.391. The first-order valence-electron chi connectivity index (χ1n) is 18.5. The number of fused-ring (bicyclic) bond motifs is 2. The molecule has 9 heteroatoms. The first-order chi connectivity index (χ1) is 25.1. The van der Waals surface area contributed by atoms with E-state index in [0.717, 1.165) is 5.57 Å². The predicted octanol–water partition coefficient (Wildman–Crippen LogP) is 11.2. The molecule has 0 aromatic heterocycles. The van der Waals surface area contributed by atoms with Crippen LogP contribution in [0.25, 0.3) is 43.1 Å². The van der Waals surface area contributed by atoms with Gasteiger partial charge in [0.25, 0.3) is 0 Å². The van der Waals surface area contributed by atoms with Crippen LogP contribution in [0.1, 0.15) is 142 Å². The Morgan fingerprint density at radius 3 is 1.47 bits per heavy atom. The molecule has 0 saturated carbocycles. The number of aromatic carboxylic acids is 4. The quantitative estimate of drug-likeness (QED) is 0.0979. The van der Waals surface area contributed by atoms with E-state index in [1.54, 1.807) is 6.07 Å². The number of hydrogen-bond donors (Lipinski definition) is 4. The van der Waals surface area contributed by atoms with Crippen LogP contribution in [0.15, 0.2) is 54.1 Å². The van der Waals surface area contributed by atoms with Crippen LogP contribution in [-0.4, -0.2) is 49.9 Å². The van der Waals surface area contributed by atoms with Gasteiger partial charge in [0.05, 0.1) is 22.3 Å². The predicted molar refractivity (Wildman–Crippen MR) is 217 cm³/mol. The van der Waals surface area contributed by atoms with Crippen molar-refractivity contribution in [3.63, 3.8) is 0 Å². The smallest absolute Gasteiger partial charge is 0.336 e. The standard InChI is InChI=1S/C46H50O9/c1-42(2,3)27-19-24(39(49)50)32-25(40(51)52)20-28(43(4,5)6)35-36-29(55-46(45(10,11)12)18-14-13-15-30(46)44(7,8)9)21-26(41(53)54)31-23(38(47)48)17-16-22(34(31)36)33(27)37(32)35/h13-17,19-21H,18H2,1-12H3,(H,47,48)(H,49,50)(H,51,52)(H,53,54). The van der Waals surface area contributed by atoms with Gasteiger partial charge in [0.2, 0.25) is 0 Å². The van der Waals surface area contributed by atoms with Crippen molar-refractivity contribution in [3.8, 4) is 5.75 Å². The monoisotopic (exact) mass is 746 g/mol. The van der Waals surface area contributed by atoms with E-state index in [4.69, 9.17) is 4.74 Å². The van der Waals surface area contributed by atoms with Gasteiger partial charge in [-0.3, -0.25) is 0 Å². The van der Waals surface area contributed by atoms with Crippen LogP contribution in [0, 0.1) is 10.8 Å². The van der Waals surface area contributed by atoms with Gasteiger partial charge in [0.1, 0.15) is 11.4 Å². The Morgan fingerprint density at radius 2 is 1.02 bits per heavy atom. The first kappa shape index (κ1) is 39.3. The summed E-state index contributed by atoms with van der Waals surface area (Å²) in [5.41, 5.74) is -2.21. The maximum absolute atomic E-state index is 13.4. The topological polar surface area (TPSA) is 158 Å². The Bertz CT molecular complexity index is 2550. The minimum Gasteiger partial charge on any atom is -0.481 e. The molecule has 288 valence electrons. The van der Waals surface area contributed by atoms with Crippen molar-refractivity contribution >= 4 is 67.0 Å². The lowest BCUT2D eigenvalue weighted by Crippen LogP contribution is -2.53. The highest BCUT2D eigenvalue weighted by molar-refractivity contribution is 6.40. The molecule has 0 heterocycles. The molecule has 0 spiro atoms. The number of ether oxygens (including phenoxy) is 1. The van der Waals surface area contributed by atoms with Crippen LogP contribution in [0.4, 0.5) is 0 Å². The van der Waals surface area contributed by atoms with E-state index in [1.165, 1.54) is 24.3 Å². The van der Waals surface area contributed by atoms with Gasteiger partial charge in [0, 0.05) is 33.4 Å². The number of carbonyl (C=O) groups is 4. The van der Waals surface area contributed by atoms with Crippen molar-refractivity contribution in [1.29, 1.82) is 0 Å². The average molecular weight is 747 g/mol. The van der Waals surface area contributed by atoms with E-state index in [1.807, 2.05) is 59.8 Å². The second kappa shape index (κ2) is 12.3. The lowest BCUT2D eigenvalue weighted by atomic mass is 9.62. The highest BCUT2D eigenvalue weighted by Gasteiger charge is 2.51. The lowest BCUT2D eigenvalue weighted by molar-refractivity contribution is -0.0113. The van der Waals surface area contributed by atoms with Crippen molar-refractivity contribution in [2.75, 3.05) is 0 Å². The molecule has 1 atom stereocenters. The summed E-state index contributed by atoms with van der Waals surface area (Å²) >= 11 is 0. The number of hydrogen-bond acceptors (Lipinski definition) is 5. The summed E-state index contributed by atoms with van der Waals surface area (Å²) in [6.45, 7) is 24.0. The highest BCUT2D eigenvalue weighted by Crippen LogP contribution is 2.56. The Balaban J connectivity index is 2.09. The summed E-state index contributed by atoms with van der Waals surface area (Å²) in [4.78, 5) is 52.8. The molecule has 1 aliphatic carbocycles. The molecule has 6 rings (SSSR count). The van der Waals surface area contributed by atoms with Gasteiger partial charge in [-0.25, -0.2) is 19.2 Å². The van der Waals surface area contributed by atoms with E-state index in [0.29, 0.717) is 49.9 Å². The zero-order chi connectivity index (χ0) is 41.1. The summed E-state index contributed by atoms with van der Waals surface area (Å²) in [6.07, 6.45) is 6.48. The van der Waals surface area contributed by atoms with Gasteiger partial charge in [0.15, 0.2) is 0 Å². The van der Waals surface area contributed by atoms with Crippen LogP contribution in [0.5, 0.6) is 5.75 Å². The van der Waals surface area contributed by atoms with Gasteiger partial charge in [-0.1, -0.05) is 107 Å². The molecule has 0 saturated heterocycles. The van der Waals surface area contributed by atoms with E-state index in [9.17, 15) is 39.6 Å². The molecule has 0 aliphatic heterocycles. The fourth-order valence-electron chi connectivity index (χ4n) is 8.77. The highest BCUT2D eigenvalue weighted by atomic mass is 16.5. The van der Waals surface area contributed by atoms with E-state index in [-0.39, 0.29) is 38.8 Å². The van der Waals surface area contributed by atoms with Gasteiger partial charge in [-0.2, -0.15) is 0 Å². The molecule has 5 aromatic carbocycles. The molecule has 9 nitrogen and oxygen atoms in total. The summed E-state index contributed by atoms with van der Waals surface area (Å²) in [6, 6.07) is 7.44. The Hall–Kier alpha value is -5.44. The molecule has 0 radical (unpaired) electrons. The second-order valence-corrected chi connectivity index (χ2v) is 19.0. The third-order valence-corrected chi connectivity index (χ3v) is 11.3. The first-order valence-corrected chi connectivity index (χ1v) is 18.5. The Labute approximate surface area is 320 Å². The van der Waals surface area contributed by atoms with Gasteiger partial charge < -0.3 is 25.2 Å². The van der Waals surface area contributed by atoms with Crippen LogP contribution >= 0.6 is 0 Å². The molecule has 0 bridgehead atoms. The molecule has 4 N–H and O–H groups in total. The summed E-state index contributed by atoms with van der Waals surface area (Å²) < 4.78 is 7.46. The minimum absolute atomic E-state index is 0.00271. The SMILES string of the molecule is CC(C)(C)C1=CC=CCC1(Oc1cc(C(=O)O)c2c(C(=O)O)ccc3c4c(C(C)(C)C)cc(C(=O)O)c5c(C(=O)O)cc(C(C)(C)C)c(c1c23)c54)C(C)(C)C. The molecule has 5 aromatic rings. The van der Waals surface area contributed by atoms with E-state index in [2.05, 4.69) is 41.5 Å². The summed E-state index contributed by atoms with van der Waals surface area (Å²) in [5, 5.41) is 45.7. The molecular weight excluding hydrogens is 696 g/mol. The van der Waals surface area contributed by atoms with Gasteiger partial charge in [-0.05, 0) is 78.8 Å². The van der Waals surface area contributed by atoms with Crippen LogP contribution in [-0.2, 0) is 10.8 Å². The van der Waals surface area contributed by atoms with E-state index < -0.39 is 51.1 Å². The van der Waals surface area contributed by atoms with Crippen LogP contribution < -0.4 is 4.74 Å². The number of benzene rings is 5. The third kappa shape index (κ3) is 5.90. The normalized spacial score (nSPS) is 17.0. The largest absolute Gasteiger partial charge is 0.481 e. The summed E-state index contributed by atoms with van der Waals surface area (Å²) in [5.74, 6) is -5.09. The van der Waals surface area contributed by atoms with Crippen molar-refractivity contribution in [3.05, 3.63) is 87.5 Å². The molecule has 55 heavy (non-hydrogen) atoms. The molecule has 1 aliphatic rings. The second-order valence-electron chi connectivity index (χ2n) is 19.0. The summed E-state index contributed by atoms with van der Waals surface area (Å²) in [7, 11) is 0. The molecule has 1 unspecified atom stereocenters. The zero-order valence-electron chi connectivity index (χ0n) is 33.7. The van der Waals surface area contributed by atoms with Crippen LogP contribution in [0.2, 0.25) is 0 Å². The van der Waals surface area contributed by atoms with Gasteiger partial charge >= 0.3 is 23.9 Å². The third-order valence-electron chi connectivity index (χ3n) is 11.3. The number of allylic oxidation sites excluding steroid dienone is 2. The Morgan fingerprint density at radius 1 is 0.545 bits per heavy atom. The minimum atomic E-state index is -1.35. The molecule has 0 amide bonds. The molecular formula is C46H50O9. The maximum atomic E-state index is 13.4. The fourth-order valence-corrected chi connectivity index (χ4v) is 8.77. The number of carboxylic acids is 4. The number of rotatable bonds is 6.